The number of nitrogens with one attached hydrogen (secondary N) is 1. The maximum atomic E-state index is 13.3. The third-order valence-electron chi connectivity index (χ3n) is 9.29. The molecule has 1 amide bonds. The number of aromatic nitrogens is 3. The number of aryl methyl sites for hydroxylation is 3. The zero-order valence-corrected chi connectivity index (χ0v) is 24.4. The van der Waals surface area contributed by atoms with Crippen LogP contribution >= 0.6 is 0 Å². The molecule has 0 bridgehead atoms. The number of piperidine rings is 1. The van der Waals surface area contributed by atoms with Gasteiger partial charge in [-0.25, -0.2) is 9.97 Å². The number of rotatable bonds is 6. The van der Waals surface area contributed by atoms with E-state index < -0.39 is 0 Å². The standard InChI is InChI=1S/C32H44N6O2/c1-22-20-23(2)33-31-30(22)34-24(3)38(31)21-25-4-8-27(9-5-25)35-28-10-6-26(7-11-28)32(39)37-14-12-29(13-15-37)36-16-18-40-19-17-36/h4-5,8-9,20,26,28-29,35H,6-7,10-19,21H2,1-3H3/t26-,28+. The summed E-state index contributed by atoms with van der Waals surface area (Å²) in [5.41, 5.74) is 6.54. The maximum Gasteiger partial charge on any atom is 0.225 e. The van der Waals surface area contributed by atoms with Crippen LogP contribution in [0.1, 0.15) is 61.2 Å². The zero-order valence-electron chi connectivity index (χ0n) is 24.4. The predicted molar refractivity (Wildman–Crippen MR) is 159 cm³/mol. The first kappa shape index (κ1) is 27.2. The average Bonchev–Trinajstić information content (AvgIpc) is 3.29. The molecule has 1 aliphatic carbocycles. The fourth-order valence-corrected chi connectivity index (χ4v) is 6.96. The van der Waals surface area contributed by atoms with Crippen LogP contribution in [0.25, 0.3) is 11.2 Å². The number of ether oxygens (including phenoxy) is 1. The fourth-order valence-electron chi connectivity index (χ4n) is 6.96. The minimum atomic E-state index is 0.189. The van der Waals surface area contributed by atoms with Gasteiger partial charge in [-0.3, -0.25) is 9.69 Å². The highest BCUT2D eigenvalue weighted by atomic mass is 16.5. The van der Waals surface area contributed by atoms with Crippen LogP contribution in [0, 0.1) is 26.7 Å². The summed E-state index contributed by atoms with van der Waals surface area (Å²) in [6.07, 6.45) is 6.27. The molecule has 6 rings (SSSR count). The second kappa shape index (κ2) is 11.9. The number of fused-ring (bicyclic) bond motifs is 1. The number of hydrogen-bond acceptors (Lipinski definition) is 6. The van der Waals surface area contributed by atoms with Crippen LogP contribution in [0.4, 0.5) is 5.69 Å². The highest BCUT2D eigenvalue weighted by molar-refractivity contribution is 5.79. The first-order valence-corrected chi connectivity index (χ1v) is 15.2. The highest BCUT2D eigenvalue weighted by Gasteiger charge is 2.33. The first-order chi connectivity index (χ1) is 19.4. The van der Waals surface area contributed by atoms with Crippen molar-refractivity contribution in [3.63, 3.8) is 0 Å². The molecule has 1 N–H and O–H groups in total. The van der Waals surface area contributed by atoms with Gasteiger partial charge in [0.1, 0.15) is 11.3 Å². The van der Waals surface area contributed by atoms with Gasteiger partial charge in [-0.15, -0.1) is 0 Å². The Morgan fingerprint density at radius 3 is 2.33 bits per heavy atom. The third-order valence-corrected chi connectivity index (χ3v) is 9.29. The van der Waals surface area contributed by atoms with E-state index in [0.717, 1.165) is 113 Å². The fraction of sp³-hybridized carbons (Fsp3) is 0.594. The lowest BCUT2D eigenvalue weighted by Gasteiger charge is -2.41. The number of carbonyl (C=O) groups is 1. The monoisotopic (exact) mass is 544 g/mol. The number of likely N-dealkylation sites (tertiary alicyclic amines) is 1. The van der Waals surface area contributed by atoms with E-state index in [1.54, 1.807) is 0 Å². The number of nitrogens with zero attached hydrogens (tertiary/aromatic N) is 5. The van der Waals surface area contributed by atoms with Crippen molar-refractivity contribution in [2.45, 2.75) is 77.9 Å². The van der Waals surface area contributed by atoms with Gasteiger partial charge in [-0.05, 0) is 88.6 Å². The van der Waals surface area contributed by atoms with Crippen molar-refractivity contribution in [1.82, 2.24) is 24.3 Å². The molecule has 2 saturated heterocycles. The molecule has 40 heavy (non-hydrogen) atoms. The van der Waals surface area contributed by atoms with Crippen molar-refractivity contribution >= 4 is 22.8 Å². The molecule has 3 aliphatic rings. The number of anilines is 1. The van der Waals surface area contributed by atoms with Crippen LogP contribution < -0.4 is 5.32 Å². The Morgan fingerprint density at radius 1 is 0.925 bits per heavy atom. The number of carbonyl (C=O) groups excluding carboxylic acids is 1. The minimum absolute atomic E-state index is 0.189. The van der Waals surface area contributed by atoms with Crippen LogP contribution in [-0.4, -0.2) is 81.7 Å². The van der Waals surface area contributed by atoms with E-state index in [1.165, 1.54) is 11.1 Å². The molecule has 8 heteroatoms. The Bertz CT molecular complexity index is 1310. The summed E-state index contributed by atoms with van der Waals surface area (Å²) in [4.78, 5) is 27.5. The van der Waals surface area contributed by atoms with Crippen molar-refractivity contribution < 1.29 is 9.53 Å². The van der Waals surface area contributed by atoms with Crippen LogP contribution in [-0.2, 0) is 16.1 Å². The summed E-state index contributed by atoms with van der Waals surface area (Å²) in [6, 6.07) is 11.9. The molecule has 4 heterocycles. The van der Waals surface area contributed by atoms with E-state index in [-0.39, 0.29) is 5.92 Å². The van der Waals surface area contributed by atoms with E-state index in [0.29, 0.717) is 18.0 Å². The summed E-state index contributed by atoms with van der Waals surface area (Å²) in [5.74, 6) is 1.58. The molecule has 0 radical (unpaired) electrons. The van der Waals surface area contributed by atoms with Crippen molar-refractivity contribution in [3.8, 4) is 0 Å². The van der Waals surface area contributed by atoms with E-state index in [9.17, 15) is 4.79 Å². The van der Waals surface area contributed by atoms with E-state index in [4.69, 9.17) is 14.7 Å². The molecule has 2 aromatic heterocycles. The Morgan fingerprint density at radius 2 is 1.62 bits per heavy atom. The molecular formula is C32H44N6O2. The van der Waals surface area contributed by atoms with Gasteiger partial charge in [0.25, 0.3) is 0 Å². The second-order valence-corrected chi connectivity index (χ2v) is 12.1. The quantitative estimate of drug-likeness (QED) is 0.485. The topological polar surface area (TPSA) is 75.5 Å². The lowest BCUT2D eigenvalue weighted by Crippen LogP contribution is -2.51. The lowest BCUT2D eigenvalue weighted by atomic mass is 9.84. The van der Waals surface area contributed by atoms with Gasteiger partial charge < -0.3 is 19.5 Å². The Balaban J connectivity index is 0.980. The Kier molecular flexibility index (Phi) is 8.08. The summed E-state index contributed by atoms with van der Waals surface area (Å²) in [5, 5.41) is 3.73. The summed E-state index contributed by atoms with van der Waals surface area (Å²) in [7, 11) is 0. The highest BCUT2D eigenvalue weighted by Crippen LogP contribution is 2.30. The number of morpholine rings is 1. The van der Waals surface area contributed by atoms with Crippen LogP contribution in [0.3, 0.4) is 0 Å². The average molecular weight is 545 g/mol. The minimum Gasteiger partial charge on any atom is -0.382 e. The van der Waals surface area contributed by atoms with Crippen molar-refractivity contribution in [2.24, 2.45) is 5.92 Å². The van der Waals surface area contributed by atoms with Gasteiger partial charge >= 0.3 is 0 Å². The smallest absolute Gasteiger partial charge is 0.225 e. The molecule has 1 aromatic carbocycles. The number of hydrogen-bond donors (Lipinski definition) is 1. The summed E-state index contributed by atoms with van der Waals surface area (Å²) >= 11 is 0. The first-order valence-electron chi connectivity index (χ1n) is 15.2. The van der Waals surface area contributed by atoms with Crippen molar-refractivity contribution in [3.05, 3.63) is 53.0 Å². The summed E-state index contributed by atoms with van der Waals surface area (Å²) < 4.78 is 7.72. The Labute approximate surface area is 238 Å². The summed E-state index contributed by atoms with van der Waals surface area (Å²) in [6.45, 7) is 12.6. The SMILES string of the molecule is Cc1cc(C)c2nc(C)n(Cc3ccc(N[C@H]4CC[C@@H](C(=O)N5CCC(N6CCOCC6)CC5)CC4)cc3)c2n1. The molecule has 0 spiro atoms. The second-order valence-electron chi connectivity index (χ2n) is 12.1. The molecule has 1 saturated carbocycles. The molecule has 3 fully saturated rings. The third kappa shape index (κ3) is 5.88. The maximum absolute atomic E-state index is 13.3. The van der Waals surface area contributed by atoms with Crippen LogP contribution in [0.2, 0.25) is 0 Å². The predicted octanol–water partition coefficient (Wildman–Crippen LogP) is 4.70. The molecule has 8 nitrogen and oxygen atoms in total. The number of imidazole rings is 1. The van der Waals surface area contributed by atoms with Gasteiger partial charge in [0.2, 0.25) is 5.91 Å². The molecule has 2 aliphatic heterocycles. The largest absolute Gasteiger partial charge is 0.382 e. The van der Waals surface area contributed by atoms with E-state index in [1.807, 2.05) is 6.92 Å². The molecular weight excluding hydrogens is 500 g/mol. The van der Waals surface area contributed by atoms with Crippen molar-refractivity contribution in [2.75, 3.05) is 44.7 Å². The van der Waals surface area contributed by atoms with Gasteiger partial charge in [-0.1, -0.05) is 12.1 Å². The van der Waals surface area contributed by atoms with Gasteiger partial charge in [0.15, 0.2) is 5.65 Å². The van der Waals surface area contributed by atoms with E-state index in [2.05, 4.69) is 63.9 Å². The molecule has 3 aromatic rings. The normalized spacial score (nSPS) is 23.0. The lowest BCUT2D eigenvalue weighted by molar-refractivity contribution is -0.138. The molecule has 0 atom stereocenters. The Hall–Kier alpha value is -2.97. The molecule has 0 unspecified atom stereocenters. The van der Waals surface area contributed by atoms with Gasteiger partial charge in [0, 0.05) is 55.6 Å². The number of amides is 1. The van der Waals surface area contributed by atoms with Gasteiger partial charge in [-0.2, -0.15) is 0 Å². The number of pyridine rings is 1. The van der Waals surface area contributed by atoms with E-state index >= 15 is 0 Å². The van der Waals surface area contributed by atoms with Crippen LogP contribution in [0.5, 0.6) is 0 Å². The van der Waals surface area contributed by atoms with Crippen LogP contribution in [0.15, 0.2) is 30.3 Å². The molecule has 214 valence electrons. The number of benzene rings is 1. The van der Waals surface area contributed by atoms with Crippen molar-refractivity contribution in [1.29, 1.82) is 0 Å². The zero-order chi connectivity index (χ0) is 27.6. The van der Waals surface area contributed by atoms with Gasteiger partial charge in [0.05, 0.1) is 19.8 Å².